The predicted octanol–water partition coefficient (Wildman–Crippen LogP) is 4.66. The van der Waals surface area contributed by atoms with Gasteiger partial charge in [0.1, 0.15) is 6.10 Å². The number of cyclic esters (lactones) is 1. The standard InChI is InChI=1S/C20H18BrNO3/c1-12-18(14-5-3-2-4-6-14)25-20(24)22(12)19(23)17-11-16(17)13-7-9-15(21)10-8-13/h2-10,12,16-18H,11H2,1H3/t12-,16?,17?,18-/m1/s1. The van der Waals surface area contributed by atoms with Crippen molar-refractivity contribution < 1.29 is 14.3 Å². The van der Waals surface area contributed by atoms with Crippen molar-refractivity contribution in [1.29, 1.82) is 0 Å². The number of rotatable bonds is 3. The van der Waals surface area contributed by atoms with Crippen molar-refractivity contribution in [2.24, 2.45) is 5.92 Å². The molecule has 5 heteroatoms. The van der Waals surface area contributed by atoms with Gasteiger partial charge in [0, 0.05) is 10.4 Å². The third-order valence-electron chi connectivity index (χ3n) is 5.04. The maximum Gasteiger partial charge on any atom is 0.417 e. The van der Waals surface area contributed by atoms with E-state index in [1.807, 2.05) is 61.5 Å². The Kier molecular flexibility index (Phi) is 4.12. The van der Waals surface area contributed by atoms with Crippen molar-refractivity contribution in [1.82, 2.24) is 4.90 Å². The van der Waals surface area contributed by atoms with Gasteiger partial charge < -0.3 is 4.74 Å². The fourth-order valence-electron chi connectivity index (χ4n) is 3.57. The van der Waals surface area contributed by atoms with Crippen molar-refractivity contribution >= 4 is 27.9 Å². The Hall–Kier alpha value is -2.14. The Labute approximate surface area is 154 Å². The van der Waals surface area contributed by atoms with Crippen LogP contribution < -0.4 is 0 Å². The molecule has 4 atom stereocenters. The lowest BCUT2D eigenvalue weighted by molar-refractivity contribution is -0.130. The topological polar surface area (TPSA) is 46.6 Å². The summed E-state index contributed by atoms with van der Waals surface area (Å²) in [6, 6.07) is 17.3. The maximum absolute atomic E-state index is 12.9. The molecular formula is C20H18BrNO3. The molecule has 1 aliphatic heterocycles. The molecule has 2 fully saturated rings. The monoisotopic (exact) mass is 399 g/mol. The zero-order chi connectivity index (χ0) is 17.6. The summed E-state index contributed by atoms with van der Waals surface area (Å²) in [4.78, 5) is 26.5. The third-order valence-corrected chi connectivity index (χ3v) is 5.57. The highest BCUT2D eigenvalue weighted by atomic mass is 79.9. The van der Waals surface area contributed by atoms with Gasteiger partial charge in [0.2, 0.25) is 5.91 Å². The molecule has 4 rings (SSSR count). The fourth-order valence-corrected chi connectivity index (χ4v) is 3.83. The Morgan fingerprint density at radius 1 is 1.08 bits per heavy atom. The van der Waals surface area contributed by atoms with Gasteiger partial charge in [0.15, 0.2) is 0 Å². The van der Waals surface area contributed by atoms with Gasteiger partial charge in [0.25, 0.3) is 0 Å². The number of amides is 2. The first kappa shape index (κ1) is 16.3. The van der Waals surface area contributed by atoms with Crippen LogP contribution >= 0.6 is 15.9 Å². The van der Waals surface area contributed by atoms with E-state index in [-0.39, 0.29) is 23.8 Å². The van der Waals surface area contributed by atoms with Gasteiger partial charge in [-0.1, -0.05) is 58.4 Å². The largest absolute Gasteiger partial charge is 0.439 e. The van der Waals surface area contributed by atoms with Gasteiger partial charge in [-0.3, -0.25) is 4.79 Å². The summed E-state index contributed by atoms with van der Waals surface area (Å²) in [5.41, 5.74) is 2.06. The van der Waals surface area contributed by atoms with Crippen molar-refractivity contribution in [3.05, 3.63) is 70.2 Å². The van der Waals surface area contributed by atoms with E-state index in [4.69, 9.17) is 4.74 Å². The molecule has 1 aliphatic carbocycles. The summed E-state index contributed by atoms with van der Waals surface area (Å²) in [5.74, 6) is -0.0640. The molecule has 0 aromatic heterocycles. The average Bonchev–Trinajstić information content (AvgIpc) is 3.36. The Morgan fingerprint density at radius 2 is 1.76 bits per heavy atom. The second-order valence-electron chi connectivity index (χ2n) is 6.66. The molecule has 0 N–H and O–H groups in total. The van der Waals surface area contributed by atoms with Gasteiger partial charge in [-0.15, -0.1) is 0 Å². The number of hydrogen-bond donors (Lipinski definition) is 0. The predicted molar refractivity (Wildman–Crippen MR) is 97.0 cm³/mol. The summed E-state index contributed by atoms with van der Waals surface area (Å²) in [7, 11) is 0. The van der Waals surface area contributed by atoms with Crippen LogP contribution in [0.4, 0.5) is 4.79 Å². The van der Waals surface area contributed by atoms with E-state index in [2.05, 4.69) is 15.9 Å². The van der Waals surface area contributed by atoms with Crippen LogP contribution in [0, 0.1) is 5.92 Å². The van der Waals surface area contributed by atoms with Gasteiger partial charge in [-0.05, 0) is 42.5 Å². The van der Waals surface area contributed by atoms with Crippen molar-refractivity contribution in [3.63, 3.8) is 0 Å². The minimum atomic E-state index is -0.534. The minimum absolute atomic E-state index is 0.121. The molecule has 2 amide bonds. The molecule has 1 heterocycles. The van der Waals surface area contributed by atoms with Gasteiger partial charge in [-0.2, -0.15) is 0 Å². The highest BCUT2D eigenvalue weighted by Gasteiger charge is 2.52. The normalized spacial score (nSPS) is 27.9. The second kappa shape index (κ2) is 6.30. The van der Waals surface area contributed by atoms with Crippen LogP contribution in [-0.2, 0) is 9.53 Å². The van der Waals surface area contributed by atoms with E-state index < -0.39 is 12.2 Å². The number of benzene rings is 2. The van der Waals surface area contributed by atoms with Crippen LogP contribution in [0.3, 0.4) is 0 Å². The first-order chi connectivity index (χ1) is 12.1. The van der Waals surface area contributed by atoms with Crippen LogP contribution in [-0.4, -0.2) is 22.9 Å². The van der Waals surface area contributed by atoms with Crippen molar-refractivity contribution in [2.75, 3.05) is 0 Å². The molecule has 2 aliphatic rings. The lowest BCUT2D eigenvalue weighted by atomic mass is 10.0. The minimum Gasteiger partial charge on any atom is -0.439 e. The number of imide groups is 1. The van der Waals surface area contributed by atoms with E-state index in [9.17, 15) is 9.59 Å². The second-order valence-corrected chi connectivity index (χ2v) is 7.58. The molecule has 128 valence electrons. The van der Waals surface area contributed by atoms with Gasteiger partial charge >= 0.3 is 6.09 Å². The smallest absolute Gasteiger partial charge is 0.417 e. The maximum atomic E-state index is 12.9. The van der Waals surface area contributed by atoms with Crippen LogP contribution in [0.1, 0.15) is 36.5 Å². The summed E-state index contributed by atoms with van der Waals surface area (Å²) in [6.45, 7) is 1.87. The molecule has 2 aromatic carbocycles. The molecule has 1 saturated heterocycles. The van der Waals surface area contributed by atoms with E-state index >= 15 is 0 Å². The molecule has 0 bridgehead atoms. The van der Waals surface area contributed by atoms with Crippen molar-refractivity contribution in [3.8, 4) is 0 Å². The van der Waals surface area contributed by atoms with E-state index in [1.54, 1.807) is 0 Å². The lowest BCUT2D eigenvalue weighted by Crippen LogP contribution is -2.39. The first-order valence-electron chi connectivity index (χ1n) is 8.40. The number of ether oxygens (including phenoxy) is 1. The molecule has 0 spiro atoms. The highest BCUT2D eigenvalue weighted by molar-refractivity contribution is 9.10. The first-order valence-corrected chi connectivity index (χ1v) is 9.19. The molecule has 2 aromatic rings. The third kappa shape index (κ3) is 2.97. The van der Waals surface area contributed by atoms with E-state index in [0.717, 1.165) is 22.0 Å². The van der Waals surface area contributed by atoms with Crippen LogP contribution in [0.25, 0.3) is 0 Å². The SMILES string of the molecule is C[C@@H]1[C@H](c2ccccc2)OC(=O)N1C(=O)C1CC1c1ccc(Br)cc1. The fraction of sp³-hybridized carbons (Fsp3) is 0.300. The zero-order valence-corrected chi connectivity index (χ0v) is 15.3. The average molecular weight is 400 g/mol. The van der Waals surface area contributed by atoms with E-state index in [1.165, 1.54) is 4.90 Å². The Bertz CT molecular complexity index is 805. The number of halogens is 1. The Balaban J connectivity index is 1.49. The molecular weight excluding hydrogens is 382 g/mol. The number of hydrogen-bond acceptors (Lipinski definition) is 3. The molecule has 0 radical (unpaired) electrons. The van der Waals surface area contributed by atoms with Crippen LogP contribution in [0.15, 0.2) is 59.1 Å². The van der Waals surface area contributed by atoms with Crippen molar-refractivity contribution in [2.45, 2.75) is 31.4 Å². The highest BCUT2D eigenvalue weighted by Crippen LogP contribution is 2.50. The number of carbonyl (C=O) groups is 2. The summed E-state index contributed by atoms with van der Waals surface area (Å²) in [5, 5.41) is 0. The summed E-state index contributed by atoms with van der Waals surface area (Å²) < 4.78 is 6.50. The lowest BCUT2D eigenvalue weighted by Gasteiger charge is -2.19. The van der Waals surface area contributed by atoms with E-state index in [0.29, 0.717) is 0 Å². The number of nitrogens with zero attached hydrogens (tertiary/aromatic N) is 1. The molecule has 1 saturated carbocycles. The zero-order valence-electron chi connectivity index (χ0n) is 13.8. The molecule has 25 heavy (non-hydrogen) atoms. The quantitative estimate of drug-likeness (QED) is 0.753. The van der Waals surface area contributed by atoms with Gasteiger partial charge in [-0.25, -0.2) is 9.69 Å². The van der Waals surface area contributed by atoms with Crippen LogP contribution in [0.2, 0.25) is 0 Å². The summed E-state index contributed by atoms with van der Waals surface area (Å²) in [6.07, 6.45) is -0.150. The summed E-state index contributed by atoms with van der Waals surface area (Å²) >= 11 is 3.42. The van der Waals surface area contributed by atoms with Crippen LogP contribution in [0.5, 0.6) is 0 Å². The number of carbonyl (C=O) groups excluding carboxylic acids is 2. The Morgan fingerprint density at radius 3 is 2.44 bits per heavy atom. The molecule has 4 nitrogen and oxygen atoms in total. The molecule has 2 unspecified atom stereocenters. The van der Waals surface area contributed by atoms with Gasteiger partial charge in [0.05, 0.1) is 6.04 Å².